The van der Waals surface area contributed by atoms with Crippen LogP contribution in [0.2, 0.25) is 0 Å². The van der Waals surface area contributed by atoms with Crippen LogP contribution < -0.4 is 5.32 Å². The van der Waals surface area contributed by atoms with E-state index in [1.807, 2.05) is 55.6 Å². The van der Waals surface area contributed by atoms with Gasteiger partial charge in [-0.25, -0.2) is 0 Å². The van der Waals surface area contributed by atoms with E-state index in [4.69, 9.17) is 14.2 Å². The smallest absolute Gasteiger partial charge is 0.320 e. The Bertz CT molecular complexity index is 384. The number of hydrogen-bond donors (Lipinski definition) is 1. The molecule has 27 heavy (non-hydrogen) atoms. The van der Waals surface area contributed by atoms with Crippen LogP contribution in [0.15, 0.2) is 0 Å². The SMILES string of the molecule is CC(C)OC(=O)CN(C)C.CCC(=O)OC(C)C.CNCC(=O)OC(C)C. The summed E-state index contributed by atoms with van der Waals surface area (Å²) in [5.74, 6) is -0.493. The highest BCUT2D eigenvalue weighted by Crippen LogP contribution is 1.91. The predicted octanol–water partition coefficient (Wildman–Crippen LogP) is 2.01. The highest BCUT2D eigenvalue weighted by Gasteiger charge is 2.05. The lowest BCUT2D eigenvalue weighted by atomic mass is 10.4. The number of nitrogens with one attached hydrogen (secondary N) is 1. The van der Waals surface area contributed by atoms with E-state index in [1.165, 1.54) is 0 Å². The highest BCUT2D eigenvalue weighted by molar-refractivity contribution is 5.72. The van der Waals surface area contributed by atoms with Gasteiger partial charge in [0, 0.05) is 6.42 Å². The van der Waals surface area contributed by atoms with Crippen LogP contribution in [0.5, 0.6) is 0 Å². The van der Waals surface area contributed by atoms with Gasteiger partial charge < -0.3 is 19.5 Å². The van der Waals surface area contributed by atoms with Gasteiger partial charge >= 0.3 is 17.9 Å². The van der Waals surface area contributed by atoms with E-state index < -0.39 is 0 Å². The molecular weight excluding hydrogens is 352 g/mol. The van der Waals surface area contributed by atoms with E-state index in [1.54, 1.807) is 18.9 Å². The minimum absolute atomic E-state index is 0.00699. The van der Waals surface area contributed by atoms with E-state index in [2.05, 4.69) is 5.32 Å². The summed E-state index contributed by atoms with van der Waals surface area (Å²) in [4.78, 5) is 33.6. The fourth-order valence-electron chi connectivity index (χ4n) is 1.35. The van der Waals surface area contributed by atoms with Crippen molar-refractivity contribution in [3.8, 4) is 0 Å². The number of rotatable bonds is 8. The van der Waals surface area contributed by atoms with Gasteiger partial charge in [-0.15, -0.1) is 0 Å². The number of likely N-dealkylation sites (N-methyl/N-ethyl adjacent to an activating group) is 2. The Balaban J connectivity index is -0.000000322. The standard InChI is InChI=1S/C7H15NO2.C6H13NO2.C6H12O2/c1-6(2)10-7(9)5-8(3)4;1-5(2)9-6(8)4-7-3;1-4-6(7)8-5(2)3/h6H,5H2,1-4H3;5,7H,4H2,1-3H3;5H,4H2,1-3H3. The molecule has 0 aliphatic carbocycles. The molecule has 0 saturated heterocycles. The second-order valence-electron chi connectivity index (χ2n) is 6.74. The van der Waals surface area contributed by atoms with E-state index in [0.717, 1.165) is 0 Å². The molecular formula is C19H40N2O6. The molecule has 0 aromatic rings. The second kappa shape index (κ2) is 19.1. The molecule has 0 atom stereocenters. The van der Waals surface area contributed by atoms with Crippen molar-refractivity contribution >= 4 is 17.9 Å². The van der Waals surface area contributed by atoms with Crippen molar-refractivity contribution in [3.05, 3.63) is 0 Å². The van der Waals surface area contributed by atoms with Gasteiger partial charge in [-0.05, 0) is 62.7 Å². The van der Waals surface area contributed by atoms with E-state index in [0.29, 0.717) is 13.0 Å². The molecule has 0 heterocycles. The van der Waals surface area contributed by atoms with Crippen LogP contribution in [-0.4, -0.2) is 75.4 Å². The average molecular weight is 393 g/mol. The largest absolute Gasteiger partial charge is 0.463 e. The Morgan fingerprint density at radius 2 is 1.15 bits per heavy atom. The highest BCUT2D eigenvalue weighted by atomic mass is 16.5. The summed E-state index contributed by atoms with van der Waals surface area (Å²) in [5, 5.41) is 2.70. The summed E-state index contributed by atoms with van der Waals surface area (Å²) in [5.41, 5.74) is 0. The van der Waals surface area contributed by atoms with Crippen LogP contribution in [0, 0.1) is 0 Å². The van der Waals surface area contributed by atoms with Crippen molar-refractivity contribution < 1.29 is 28.6 Å². The molecule has 0 aliphatic heterocycles. The van der Waals surface area contributed by atoms with Gasteiger partial charge in [0.15, 0.2) is 0 Å². The Labute approximate surface area is 164 Å². The Morgan fingerprint density at radius 1 is 0.778 bits per heavy atom. The fraction of sp³-hybridized carbons (Fsp3) is 0.842. The maximum absolute atomic E-state index is 10.8. The summed E-state index contributed by atoms with van der Waals surface area (Å²) >= 11 is 0. The summed E-state index contributed by atoms with van der Waals surface area (Å²) in [6.45, 7) is 13.4. The van der Waals surface area contributed by atoms with Crippen molar-refractivity contribution in [3.63, 3.8) is 0 Å². The lowest BCUT2D eigenvalue weighted by Crippen LogP contribution is -2.25. The maximum Gasteiger partial charge on any atom is 0.320 e. The molecule has 0 aromatic heterocycles. The first-order valence-electron chi connectivity index (χ1n) is 9.23. The van der Waals surface area contributed by atoms with Gasteiger partial charge in [0.1, 0.15) is 0 Å². The number of carbonyl (C=O) groups excluding carboxylic acids is 3. The number of esters is 3. The van der Waals surface area contributed by atoms with E-state index >= 15 is 0 Å². The van der Waals surface area contributed by atoms with Crippen LogP contribution in [-0.2, 0) is 28.6 Å². The molecule has 0 bridgehead atoms. The molecule has 0 radical (unpaired) electrons. The molecule has 8 nitrogen and oxygen atoms in total. The van der Waals surface area contributed by atoms with Gasteiger partial charge in [-0.1, -0.05) is 6.92 Å². The topological polar surface area (TPSA) is 94.2 Å². The third-order valence-electron chi connectivity index (χ3n) is 2.16. The van der Waals surface area contributed by atoms with Gasteiger partial charge in [0.2, 0.25) is 0 Å². The summed E-state index contributed by atoms with van der Waals surface area (Å²) < 4.78 is 14.4. The second-order valence-corrected chi connectivity index (χ2v) is 6.74. The van der Waals surface area contributed by atoms with Crippen LogP contribution >= 0.6 is 0 Å². The zero-order valence-electron chi connectivity index (χ0n) is 18.8. The molecule has 0 aromatic carbocycles. The third kappa shape index (κ3) is 32.5. The molecule has 0 unspecified atom stereocenters. The molecule has 0 fully saturated rings. The van der Waals surface area contributed by atoms with Gasteiger partial charge in [0.05, 0.1) is 31.4 Å². The van der Waals surface area contributed by atoms with Crippen LogP contribution in [0.1, 0.15) is 54.9 Å². The van der Waals surface area contributed by atoms with Gasteiger partial charge in [0.25, 0.3) is 0 Å². The van der Waals surface area contributed by atoms with E-state index in [9.17, 15) is 14.4 Å². The molecule has 0 rings (SSSR count). The van der Waals surface area contributed by atoms with Crippen LogP contribution in [0.3, 0.4) is 0 Å². The third-order valence-corrected chi connectivity index (χ3v) is 2.16. The molecule has 8 heteroatoms. The average Bonchev–Trinajstić information content (AvgIpc) is 2.45. The Kier molecular flexibility index (Phi) is 21.3. The molecule has 0 saturated carbocycles. The number of ether oxygens (including phenoxy) is 3. The molecule has 162 valence electrons. The summed E-state index contributed by atoms with van der Waals surface area (Å²) in [6, 6.07) is 0. The Morgan fingerprint density at radius 3 is 1.41 bits per heavy atom. The molecule has 1 N–H and O–H groups in total. The van der Waals surface area contributed by atoms with Gasteiger partial charge in [-0.2, -0.15) is 0 Å². The number of hydrogen-bond acceptors (Lipinski definition) is 8. The quantitative estimate of drug-likeness (QED) is 0.495. The predicted molar refractivity (Wildman–Crippen MR) is 106 cm³/mol. The molecule has 0 spiro atoms. The van der Waals surface area contributed by atoms with Crippen molar-refractivity contribution in [1.29, 1.82) is 0 Å². The number of carbonyl (C=O) groups is 3. The minimum Gasteiger partial charge on any atom is -0.463 e. The Hall–Kier alpha value is -1.67. The van der Waals surface area contributed by atoms with Crippen LogP contribution in [0.25, 0.3) is 0 Å². The lowest BCUT2D eigenvalue weighted by Gasteiger charge is -2.11. The van der Waals surface area contributed by atoms with E-state index in [-0.39, 0.29) is 42.8 Å². The fourth-order valence-corrected chi connectivity index (χ4v) is 1.35. The van der Waals surface area contributed by atoms with Crippen molar-refractivity contribution in [2.24, 2.45) is 0 Å². The molecule has 0 amide bonds. The number of nitrogens with zero attached hydrogens (tertiary/aromatic N) is 1. The van der Waals surface area contributed by atoms with Crippen molar-refractivity contribution in [2.75, 3.05) is 34.2 Å². The normalized spacial score (nSPS) is 10.0. The maximum atomic E-state index is 10.8. The summed E-state index contributed by atoms with van der Waals surface area (Å²) in [7, 11) is 5.38. The summed E-state index contributed by atoms with van der Waals surface area (Å²) in [6.07, 6.45) is 0.485. The zero-order chi connectivity index (χ0) is 22.0. The molecule has 0 aliphatic rings. The first-order chi connectivity index (χ1) is 12.3. The van der Waals surface area contributed by atoms with Gasteiger partial charge in [-0.3, -0.25) is 19.3 Å². The first kappa shape index (κ1) is 30.1. The zero-order valence-corrected chi connectivity index (χ0v) is 18.8. The van der Waals surface area contributed by atoms with Crippen molar-refractivity contribution in [1.82, 2.24) is 10.2 Å². The monoisotopic (exact) mass is 392 g/mol. The minimum atomic E-state index is -0.201. The first-order valence-corrected chi connectivity index (χ1v) is 9.23. The van der Waals surface area contributed by atoms with Crippen LogP contribution in [0.4, 0.5) is 0 Å². The lowest BCUT2D eigenvalue weighted by molar-refractivity contribution is -0.148. The van der Waals surface area contributed by atoms with Crippen molar-refractivity contribution in [2.45, 2.75) is 73.2 Å².